The van der Waals surface area contributed by atoms with Gasteiger partial charge in [0.25, 0.3) is 0 Å². The summed E-state index contributed by atoms with van der Waals surface area (Å²) in [6, 6.07) is 0. The molecule has 0 saturated heterocycles. The van der Waals surface area contributed by atoms with E-state index in [0.29, 0.717) is 24.0 Å². The number of esters is 2. The molecular formula is C15H18O3. The van der Waals surface area contributed by atoms with E-state index in [1.54, 1.807) is 0 Å². The standard InChI is InChI=1S/C15H18O3/c1-10(2)5-3-4-6-11-7-8-12-13(9-11)15(17)18-14(12)16/h5,7H,3-4,6,8-9H2,1-2H3. The molecule has 18 heavy (non-hydrogen) atoms. The quantitative estimate of drug-likeness (QED) is 0.331. The second-order valence-corrected chi connectivity index (χ2v) is 5.05. The molecule has 0 aromatic heterocycles. The van der Waals surface area contributed by atoms with Gasteiger partial charge in [0.2, 0.25) is 0 Å². The highest BCUT2D eigenvalue weighted by Crippen LogP contribution is 2.32. The van der Waals surface area contributed by atoms with Gasteiger partial charge in [-0.05, 0) is 39.5 Å². The molecule has 0 saturated carbocycles. The number of carbonyl (C=O) groups excluding carboxylic acids is 2. The van der Waals surface area contributed by atoms with Gasteiger partial charge in [0, 0.05) is 6.42 Å². The van der Waals surface area contributed by atoms with Crippen LogP contribution in [0.15, 0.2) is 34.4 Å². The third-order valence-corrected chi connectivity index (χ3v) is 3.30. The van der Waals surface area contributed by atoms with Crippen LogP contribution in [0.5, 0.6) is 0 Å². The molecule has 0 aromatic carbocycles. The van der Waals surface area contributed by atoms with Crippen molar-refractivity contribution in [3.63, 3.8) is 0 Å². The zero-order valence-corrected chi connectivity index (χ0v) is 10.9. The van der Waals surface area contributed by atoms with Crippen LogP contribution in [-0.2, 0) is 14.3 Å². The Balaban J connectivity index is 1.88. The summed E-state index contributed by atoms with van der Waals surface area (Å²) in [6.07, 6.45) is 8.58. The molecule has 3 heteroatoms. The summed E-state index contributed by atoms with van der Waals surface area (Å²) in [6.45, 7) is 4.19. The topological polar surface area (TPSA) is 43.4 Å². The monoisotopic (exact) mass is 246 g/mol. The molecule has 1 aliphatic carbocycles. The van der Waals surface area contributed by atoms with Crippen molar-refractivity contribution in [2.75, 3.05) is 0 Å². The van der Waals surface area contributed by atoms with Crippen molar-refractivity contribution < 1.29 is 14.3 Å². The van der Waals surface area contributed by atoms with E-state index in [2.05, 4.69) is 30.7 Å². The van der Waals surface area contributed by atoms with E-state index in [0.717, 1.165) is 19.3 Å². The van der Waals surface area contributed by atoms with Gasteiger partial charge in [-0.15, -0.1) is 0 Å². The van der Waals surface area contributed by atoms with Crippen LogP contribution in [0, 0.1) is 0 Å². The number of allylic oxidation sites excluding steroid dienone is 4. The lowest BCUT2D eigenvalue weighted by molar-refractivity contribution is -0.151. The lowest BCUT2D eigenvalue weighted by Gasteiger charge is -2.12. The van der Waals surface area contributed by atoms with Crippen molar-refractivity contribution in [3.8, 4) is 0 Å². The minimum atomic E-state index is -0.449. The second-order valence-electron chi connectivity index (χ2n) is 5.05. The van der Waals surface area contributed by atoms with E-state index >= 15 is 0 Å². The van der Waals surface area contributed by atoms with Crippen molar-refractivity contribution in [2.45, 2.75) is 46.0 Å². The molecular weight excluding hydrogens is 228 g/mol. The number of carbonyl (C=O) groups is 2. The largest absolute Gasteiger partial charge is 0.386 e. The first-order valence-electron chi connectivity index (χ1n) is 6.37. The van der Waals surface area contributed by atoms with Crippen LogP contribution in [-0.4, -0.2) is 11.9 Å². The summed E-state index contributed by atoms with van der Waals surface area (Å²) in [7, 11) is 0. The number of unbranched alkanes of at least 4 members (excludes halogenated alkanes) is 1. The SMILES string of the molecule is CC(C)=CCCCC1=CCC2=C(C1)C(=O)OC2=O. The van der Waals surface area contributed by atoms with Crippen LogP contribution >= 0.6 is 0 Å². The highest BCUT2D eigenvalue weighted by Gasteiger charge is 2.34. The van der Waals surface area contributed by atoms with Crippen LogP contribution in [0.3, 0.4) is 0 Å². The Labute approximate surface area is 107 Å². The van der Waals surface area contributed by atoms with E-state index < -0.39 is 11.9 Å². The Morgan fingerprint density at radius 2 is 2.00 bits per heavy atom. The Morgan fingerprint density at radius 1 is 1.28 bits per heavy atom. The van der Waals surface area contributed by atoms with Crippen molar-refractivity contribution in [1.82, 2.24) is 0 Å². The maximum absolute atomic E-state index is 11.4. The van der Waals surface area contributed by atoms with Crippen LogP contribution in [0.2, 0.25) is 0 Å². The molecule has 1 heterocycles. The van der Waals surface area contributed by atoms with E-state index in [1.807, 2.05) is 0 Å². The molecule has 0 amide bonds. The van der Waals surface area contributed by atoms with Crippen molar-refractivity contribution in [1.29, 1.82) is 0 Å². The van der Waals surface area contributed by atoms with Gasteiger partial charge in [-0.25, -0.2) is 9.59 Å². The lowest BCUT2D eigenvalue weighted by atomic mass is 9.90. The van der Waals surface area contributed by atoms with Gasteiger partial charge >= 0.3 is 11.9 Å². The van der Waals surface area contributed by atoms with Crippen LogP contribution in [0.1, 0.15) is 46.0 Å². The fraction of sp³-hybridized carbons (Fsp3) is 0.467. The zero-order chi connectivity index (χ0) is 13.1. The van der Waals surface area contributed by atoms with Crippen LogP contribution in [0.25, 0.3) is 0 Å². The molecule has 1 aliphatic heterocycles. The summed E-state index contributed by atoms with van der Waals surface area (Å²) in [4.78, 5) is 22.8. The maximum Gasteiger partial charge on any atom is 0.342 e. The fourth-order valence-electron chi connectivity index (χ4n) is 2.30. The van der Waals surface area contributed by atoms with Crippen LogP contribution in [0.4, 0.5) is 0 Å². The van der Waals surface area contributed by atoms with Crippen molar-refractivity contribution in [2.24, 2.45) is 0 Å². The molecule has 0 aromatic rings. The fourth-order valence-corrected chi connectivity index (χ4v) is 2.30. The van der Waals surface area contributed by atoms with E-state index in [1.165, 1.54) is 11.1 Å². The molecule has 0 spiro atoms. The summed E-state index contributed by atoms with van der Waals surface area (Å²) < 4.78 is 4.62. The third kappa shape index (κ3) is 2.78. The Bertz CT molecular complexity index is 474. The van der Waals surface area contributed by atoms with Gasteiger partial charge in [0.15, 0.2) is 0 Å². The maximum atomic E-state index is 11.4. The average Bonchev–Trinajstić information content (AvgIpc) is 2.60. The lowest BCUT2D eigenvalue weighted by Crippen LogP contribution is -2.03. The minimum absolute atomic E-state index is 0.440. The third-order valence-electron chi connectivity index (χ3n) is 3.30. The smallest absolute Gasteiger partial charge is 0.342 e. The van der Waals surface area contributed by atoms with Gasteiger partial charge in [-0.1, -0.05) is 23.3 Å². The number of hydrogen-bond acceptors (Lipinski definition) is 3. The molecule has 0 fully saturated rings. The molecule has 2 rings (SSSR count). The summed E-state index contributed by atoms with van der Waals surface area (Å²) >= 11 is 0. The van der Waals surface area contributed by atoms with Gasteiger partial charge in [-0.2, -0.15) is 0 Å². The number of cyclic esters (lactones) is 2. The van der Waals surface area contributed by atoms with Crippen LogP contribution < -0.4 is 0 Å². The van der Waals surface area contributed by atoms with Gasteiger partial charge in [-0.3, -0.25) is 0 Å². The number of rotatable bonds is 4. The molecule has 0 unspecified atom stereocenters. The molecule has 0 bridgehead atoms. The summed E-state index contributed by atoms with van der Waals surface area (Å²) in [5.74, 6) is -0.889. The highest BCUT2D eigenvalue weighted by molar-refractivity contribution is 6.13. The first kappa shape index (κ1) is 12.8. The van der Waals surface area contributed by atoms with E-state index in [9.17, 15) is 9.59 Å². The molecule has 96 valence electrons. The molecule has 0 radical (unpaired) electrons. The molecule has 0 N–H and O–H groups in total. The Hall–Kier alpha value is -1.64. The second kappa shape index (κ2) is 5.34. The van der Waals surface area contributed by atoms with Crippen molar-refractivity contribution in [3.05, 3.63) is 34.4 Å². The Kier molecular flexibility index (Phi) is 3.80. The predicted molar refractivity (Wildman–Crippen MR) is 68.7 cm³/mol. The Morgan fingerprint density at radius 3 is 2.72 bits per heavy atom. The van der Waals surface area contributed by atoms with Gasteiger partial charge in [0.1, 0.15) is 0 Å². The normalized spacial score (nSPS) is 18.4. The minimum Gasteiger partial charge on any atom is -0.386 e. The molecule has 0 atom stereocenters. The van der Waals surface area contributed by atoms with E-state index in [-0.39, 0.29) is 0 Å². The first-order chi connectivity index (χ1) is 8.58. The van der Waals surface area contributed by atoms with Gasteiger partial charge in [0.05, 0.1) is 11.1 Å². The first-order valence-corrected chi connectivity index (χ1v) is 6.37. The summed E-state index contributed by atoms with van der Waals surface area (Å²) in [5, 5.41) is 0. The van der Waals surface area contributed by atoms with Gasteiger partial charge < -0.3 is 4.74 Å². The zero-order valence-electron chi connectivity index (χ0n) is 10.9. The van der Waals surface area contributed by atoms with Crippen molar-refractivity contribution >= 4 is 11.9 Å². The number of hydrogen-bond donors (Lipinski definition) is 0. The highest BCUT2D eigenvalue weighted by atomic mass is 16.6. The average molecular weight is 246 g/mol. The number of ether oxygens (including phenoxy) is 1. The predicted octanol–water partition coefficient (Wildman–Crippen LogP) is 3.22. The summed E-state index contributed by atoms with van der Waals surface area (Å²) in [5.41, 5.74) is 3.73. The molecule has 3 nitrogen and oxygen atoms in total. The molecule has 2 aliphatic rings. The van der Waals surface area contributed by atoms with E-state index in [4.69, 9.17) is 0 Å².